The van der Waals surface area contributed by atoms with Crippen LogP contribution < -0.4 is 5.43 Å². The summed E-state index contributed by atoms with van der Waals surface area (Å²) in [5.74, 6) is 1.97. The Kier molecular flexibility index (Phi) is 3.51. The maximum Gasteiger partial charge on any atom is 0.271 e. The number of hydrogen-bond donors (Lipinski definition) is 1. The summed E-state index contributed by atoms with van der Waals surface area (Å²) in [6, 6.07) is 5.57. The smallest absolute Gasteiger partial charge is 0.267 e. The van der Waals surface area contributed by atoms with E-state index >= 15 is 0 Å². The van der Waals surface area contributed by atoms with Gasteiger partial charge in [0.1, 0.15) is 5.82 Å². The average molecular weight is 314 g/mol. The lowest BCUT2D eigenvalue weighted by atomic mass is 9.48. The highest BCUT2D eigenvalue weighted by atomic mass is 19.1. The van der Waals surface area contributed by atoms with Gasteiger partial charge in [0.2, 0.25) is 0 Å². The highest BCUT2D eigenvalue weighted by Gasteiger charge is 2.52. The number of nitrogens with zero attached hydrogens (tertiary/aromatic N) is 1. The molecule has 0 aliphatic heterocycles. The highest BCUT2D eigenvalue weighted by molar-refractivity contribution is 5.96. The van der Waals surface area contributed by atoms with Crippen molar-refractivity contribution in [3.8, 4) is 0 Å². The fraction of sp³-hybridized carbons (Fsp3) is 0.579. The third kappa shape index (κ3) is 2.68. The van der Waals surface area contributed by atoms with Crippen LogP contribution in [0.5, 0.6) is 0 Å². The molecule has 0 atom stereocenters. The molecular formula is C19H23FN2O. The van der Waals surface area contributed by atoms with E-state index in [0.29, 0.717) is 5.56 Å². The molecule has 0 heterocycles. The van der Waals surface area contributed by atoms with Crippen molar-refractivity contribution in [2.75, 3.05) is 0 Å². The number of amides is 1. The van der Waals surface area contributed by atoms with E-state index < -0.39 is 0 Å². The highest BCUT2D eigenvalue weighted by Crippen LogP contribution is 2.60. The third-order valence-electron chi connectivity index (χ3n) is 6.24. The second-order valence-corrected chi connectivity index (χ2v) is 7.84. The van der Waals surface area contributed by atoms with Crippen LogP contribution in [0.25, 0.3) is 0 Å². The van der Waals surface area contributed by atoms with Crippen LogP contribution in [-0.4, -0.2) is 11.6 Å². The molecule has 5 rings (SSSR count). The Bertz CT molecular complexity index is 615. The monoisotopic (exact) mass is 314 g/mol. The minimum atomic E-state index is -0.338. The molecule has 4 fully saturated rings. The summed E-state index contributed by atoms with van der Waals surface area (Å²) in [6.07, 6.45) is 7.90. The predicted molar refractivity (Wildman–Crippen MR) is 87.6 cm³/mol. The van der Waals surface area contributed by atoms with Crippen LogP contribution in [0.1, 0.15) is 55.8 Å². The minimum Gasteiger partial charge on any atom is -0.267 e. The first-order chi connectivity index (χ1) is 11.0. The fourth-order valence-electron chi connectivity index (χ4n) is 5.47. The molecule has 0 unspecified atom stereocenters. The Labute approximate surface area is 136 Å². The van der Waals surface area contributed by atoms with Gasteiger partial charge in [0.25, 0.3) is 5.91 Å². The maximum atomic E-state index is 12.9. The van der Waals surface area contributed by atoms with Crippen molar-refractivity contribution < 1.29 is 9.18 Å². The molecule has 0 radical (unpaired) electrons. The number of carbonyl (C=O) groups is 1. The van der Waals surface area contributed by atoms with E-state index in [4.69, 9.17) is 0 Å². The molecule has 4 heteroatoms. The van der Waals surface area contributed by atoms with E-state index in [1.54, 1.807) is 0 Å². The number of halogens is 1. The number of carbonyl (C=O) groups excluding carboxylic acids is 1. The van der Waals surface area contributed by atoms with Gasteiger partial charge in [-0.3, -0.25) is 4.79 Å². The van der Waals surface area contributed by atoms with Crippen molar-refractivity contribution in [1.29, 1.82) is 0 Å². The van der Waals surface area contributed by atoms with Crippen LogP contribution in [0.4, 0.5) is 4.39 Å². The number of benzene rings is 1. The molecule has 1 aromatic rings. The van der Waals surface area contributed by atoms with E-state index in [0.717, 1.165) is 23.5 Å². The minimum absolute atomic E-state index is 0.213. The molecule has 122 valence electrons. The maximum absolute atomic E-state index is 12.9. The topological polar surface area (TPSA) is 41.5 Å². The van der Waals surface area contributed by atoms with E-state index in [2.05, 4.69) is 17.5 Å². The first-order valence-corrected chi connectivity index (χ1v) is 8.65. The summed E-state index contributed by atoms with van der Waals surface area (Å²) >= 11 is 0. The van der Waals surface area contributed by atoms with Crippen molar-refractivity contribution in [2.24, 2.45) is 28.3 Å². The van der Waals surface area contributed by atoms with Crippen molar-refractivity contribution in [2.45, 2.75) is 45.4 Å². The zero-order valence-corrected chi connectivity index (χ0v) is 13.5. The molecule has 4 saturated carbocycles. The zero-order valence-electron chi connectivity index (χ0n) is 13.5. The van der Waals surface area contributed by atoms with Crippen LogP contribution in [0.3, 0.4) is 0 Å². The Morgan fingerprint density at radius 2 is 1.61 bits per heavy atom. The van der Waals surface area contributed by atoms with Crippen molar-refractivity contribution >= 4 is 11.6 Å². The van der Waals surface area contributed by atoms with Crippen molar-refractivity contribution in [3.05, 3.63) is 35.6 Å². The lowest BCUT2D eigenvalue weighted by Crippen LogP contribution is -2.49. The van der Waals surface area contributed by atoms with Crippen LogP contribution >= 0.6 is 0 Å². The van der Waals surface area contributed by atoms with Gasteiger partial charge in [-0.1, -0.05) is 0 Å². The molecule has 0 aromatic heterocycles. The number of nitrogens with one attached hydrogen (secondary N) is 1. The van der Waals surface area contributed by atoms with Crippen LogP contribution in [0, 0.1) is 29.0 Å². The molecule has 0 spiro atoms. The molecule has 23 heavy (non-hydrogen) atoms. The molecule has 0 saturated heterocycles. The molecule has 3 nitrogen and oxygen atoms in total. The van der Waals surface area contributed by atoms with Crippen LogP contribution in [0.2, 0.25) is 0 Å². The van der Waals surface area contributed by atoms with Gasteiger partial charge in [-0.15, -0.1) is 0 Å². The first kappa shape index (κ1) is 14.9. The van der Waals surface area contributed by atoms with Gasteiger partial charge in [-0.2, -0.15) is 5.10 Å². The van der Waals surface area contributed by atoms with Crippen molar-refractivity contribution in [3.63, 3.8) is 0 Å². The van der Waals surface area contributed by atoms with Crippen LogP contribution in [0.15, 0.2) is 29.4 Å². The Hall–Kier alpha value is -1.71. The molecule has 4 aliphatic rings. The molecule has 1 N–H and O–H groups in total. The number of hydrogen-bond acceptors (Lipinski definition) is 2. The lowest BCUT2D eigenvalue weighted by molar-refractivity contribution is -0.0128. The third-order valence-corrected chi connectivity index (χ3v) is 6.24. The Balaban J connectivity index is 1.48. The summed E-state index contributed by atoms with van der Waals surface area (Å²) in [6.45, 7) is 2.07. The molecular weight excluding hydrogens is 291 g/mol. The summed E-state index contributed by atoms with van der Waals surface area (Å²) in [7, 11) is 0. The summed E-state index contributed by atoms with van der Waals surface area (Å²) in [4.78, 5) is 12.1. The van der Waals surface area contributed by atoms with Crippen LogP contribution in [-0.2, 0) is 0 Å². The van der Waals surface area contributed by atoms with Gasteiger partial charge in [0.15, 0.2) is 0 Å². The second-order valence-electron chi connectivity index (χ2n) is 7.84. The SMILES string of the molecule is C/C(=N/NC(=O)c1ccc(F)cc1)C12CC3CC(CC(C3)C1)C2. The fourth-order valence-corrected chi connectivity index (χ4v) is 5.47. The Morgan fingerprint density at radius 1 is 1.09 bits per heavy atom. The van der Waals surface area contributed by atoms with Gasteiger partial charge < -0.3 is 0 Å². The lowest BCUT2D eigenvalue weighted by Gasteiger charge is -2.56. The largest absolute Gasteiger partial charge is 0.271 e. The van der Waals surface area contributed by atoms with Gasteiger partial charge in [-0.05, 0) is 87.5 Å². The van der Waals surface area contributed by atoms with E-state index in [-0.39, 0.29) is 17.1 Å². The van der Waals surface area contributed by atoms with Gasteiger partial charge >= 0.3 is 0 Å². The van der Waals surface area contributed by atoms with E-state index in [1.165, 1.54) is 62.8 Å². The van der Waals surface area contributed by atoms with E-state index in [9.17, 15) is 9.18 Å². The van der Waals surface area contributed by atoms with Crippen molar-refractivity contribution in [1.82, 2.24) is 5.43 Å². The quantitative estimate of drug-likeness (QED) is 0.661. The summed E-state index contributed by atoms with van der Waals surface area (Å²) < 4.78 is 12.9. The molecule has 4 bridgehead atoms. The van der Waals surface area contributed by atoms with Gasteiger partial charge in [-0.25, -0.2) is 9.82 Å². The standard InChI is InChI=1S/C19H23FN2O/c1-12(21-22-18(23)16-2-4-17(20)5-3-16)19-9-13-6-14(10-19)8-15(7-13)11-19/h2-5,13-15H,6-11H2,1H3,(H,22,23)/b21-12-. The zero-order chi connectivity index (χ0) is 16.0. The number of hydrazone groups is 1. The molecule has 1 aromatic carbocycles. The number of rotatable bonds is 3. The average Bonchev–Trinajstić information content (AvgIpc) is 2.51. The Morgan fingerprint density at radius 3 is 2.13 bits per heavy atom. The predicted octanol–water partition coefficient (Wildman–Crippen LogP) is 4.15. The normalized spacial score (nSPS) is 35.4. The summed E-state index contributed by atoms with van der Waals surface area (Å²) in [5, 5.41) is 4.44. The first-order valence-electron chi connectivity index (χ1n) is 8.65. The summed E-state index contributed by atoms with van der Waals surface area (Å²) in [5.41, 5.74) is 4.40. The van der Waals surface area contributed by atoms with Gasteiger partial charge in [0.05, 0.1) is 0 Å². The van der Waals surface area contributed by atoms with E-state index in [1.807, 2.05) is 0 Å². The molecule has 1 amide bonds. The van der Waals surface area contributed by atoms with Gasteiger partial charge in [0, 0.05) is 16.7 Å². The molecule has 4 aliphatic carbocycles. The second kappa shape index (κ2) is 5.43.